The largest absolute Gasteiger partial charge is 0.455 e. The number of amides is 2. The van der Waals surface area contributed by atoms with Crippen LogP contribution in [-0.4, -0.2) is 29.7 Å². The number of benzene rings is 2. The number of carbonyl (C=O) groups excluding carboxylic acids is 3. The third kappa shape index (κ3) is 5.41. The van der Waals surface area contributed by atoms with E-state index in [0.717, 1.165) is 5.56 Å². The molecule has 2 amide bonds. The van der Waals surface area contributed by atoms with Crippen molar-refractivity contribution in [3.8, 4) is 0 Å². The number of ether oxygens (including phenoxy) is 1. The number of nitrogen functional groups attached to an aromatic ring is 1. The Kier molecular flexibility index (Phi) is 6.23. The molecule has 29 heavy (non-hydrogen) atoms. The van der Waals surface area contributed by atoms with Gasteiger partial charge < -0.3 is 21.1 Å². The first-order chi connectivity index (χ1) is 13.9. The third-order valence-corrected chi connectivity index (χ3v) is 4.54. The lowest BCUT2D eigenvalue weighted by Crippen LogP contribution is -2.37. The SMILES string of the molecule is N=C(N)c1ccc(NC(=O)CCC(=O)N[C@H]2CC(=O)OC2c2ccccc2)cc1. The minimum atomic E-state index is -0.527. The van der Waals surface area contributed by atoms with Crippen LogP contribution in [0.1, 0.15) is 36.5 Å². The van der Waals surface area contributed by atoms with Crippen molar-refractivity contribution in [2.75, 3.05) is 5.32 Å². The highest BCUT2D eigenvalue weighted by atomic mass is 16.6. The van der Waals surface area contributed by atoms with Crippen molar-refractivity contribution in [3.05, 3.63) is 65.7 Å². The van der Waals surface area contributed by atoms with E-state index >= 15 is 0 Å². The summed E-state index contributed by atoms with van der Waals surface area (Å²) in [4.78, 5) is 36.0. The van der Waals surface area contributed by atoms with Crippen LogP contribution in [0.15, 0.2) is 54.6 Å². The molecule has 2 atom stereocenters. The van der Waals surface area contributed by atoms with Crippen LogP contribution in [0.25, 0.3) is 0 Å². The lowest BCUT2D eigenvalue weighted by Gasteiger charge is -2.19. The number of esters is 1. The van der Waals surface area contributed by atoms with Gasteiger partial charge in [-0.25, -0.2) is 0 Å². The zero-order valence-electron chi connectivity index (χ0n) is 15.7. The Labute approximate surface area is 167 Å². The molecule has 150 valence electrons. The number of hydrogen-bond donors (Lipinski definition) is 4. The molecule has 0 aromatic heterocycles. The molecular weight excluding hydrogens is 372 g/mol. The summed E-state index contributed by atoms with van der Waals surface area (Å²) in [7, 11) is 0. The van der Waals surface area contributed by atoms with Gasteiger partial charge in [0.1, 0.15) is 11.9 Å². The molecule has 1 saturated heterocycles. The molecule has 1 unspecified atom stereocenters. The number of nitrogens with one attached hydrogen (secondary N) is 3. The summed E-state index contributed by atoms with van der Waals surface area (Å²) < 4.78 is 5.33. The molecule has 1 heterocycles. The van der Waals surface area contributed by atoms with Crippen molar-refractivity contribution >= 4 is 29.3 Å². The molecule has 0 bridgehead atoms. The zero-order chi connectivity index (χ0) is 20.8. The van der Waals surface area contributed by atoms with E-state index in [2.05, 4.69) is 10.6 Å². The minimum Gasteiger partial charge on any atom is -0.455 e. The van der Waals surface area contributed by atoms with E-state index in [0.29, 0.717) is 11.3 Å². The average Bonchev–Trinajstić information content (AvgIpc) is 3.07. The third-order valence-electron chi connectivity index (χ3n) is 4.54. The molecule has 2 aromatic rings. The second-order valence-corrected chi connectivity index (χ2v) is 6.74. The van der Waals surface area contributed by atoms with E-state index in [1.165, 1.54) is 0 Å². The van der Waals surface area contributed by atoms with Gasteiger partial charge in [0.15, 0.2) is 0 Å². The van der Waals surface area contributed by atoms with E-state index in [4.69, 9.17) is 15.9 Å². The number of anilines is 1. The number of cyclic esters (lactones) is 1. The summed E-state index contributed by atoms with van der Waals surface area (Å²) in [6.07, 6.45) is -0.442. The fraction of sp³-hybridized carbons (Fsp3) is 0.238. The summed E-state index contributed by atoms with van der Waals surface area (Å²) in [6, 6.07) is 15.3. The molecule has 0 radical (unpaired) electrons. The summed E-state index contributed by atoms with van der Waals surface area (Å²) in [5.74, 6) is -1.05. The topological polar surface area (TPSA) is 134 Å². The van der Waals surface area contributed by atoms with E-state index in [1.807, 2.05) is 30.3 Å². The molecule has 8 heteroatoms. The van der Waals surface area contributed by atoms with Gasteiger partial charge in [0.05, 0.1) is 12.5 Å². The molecule has 3 rings (SSSR count). The summed E-state index contributed by atoms with van der Waals surface area (Å²) in [6.45, 7) is 0. The van der Waals surface area contributed by atoms with Crippen molar-refractivity contribution in [2.24, 2.45) is 5.73 Å². The smallest absolute Gasteiger partial charge is 0.308 e. The van der Waals surface area contributed by atoms with E-state index in [-0.39, 0.29) is 42.9 Å². The monoisotopic (exact) mass is 394 g/mol. The molecule has 1 fully saturated rings. The first-order valence-electron chi connectivity index (χ1n) is 9.20. The summed E-state index contributed by atoms with van der Waals surface area (Å²) in [5, 5.41) is 12.8. The number of hydrogen-bond acceptors (Lipinski definition) is 5. The van der Waals surface area contributed by atoms with Crippen LogP contribution < -0.4 is 16.4 Å². The summed E-state index contributed by atoms with van der Waals surface area (Å²) in [5.41, 5.74) is 7.32. The second-order valence-electron chi connectivity index (χ2n) is 6.74. The van der Waals surface area contributed by atoms with Crippen molar-refractivity contribution in [2.45, 2.75) is 31.4 Å². The van der Waals surface area contributed by atoms with E-state index in [9.17, 15) is 14.4 Å². The van der Waals surface area contributed by atoms with Crippen molar-refractivity contribution < 1.29 is 19.1 Å². The van der Waals surface area contributed by atoms with Crippen LogP contribution in [0.4, 0.5) is 5.69 Å². The first-order valence-corrected chi connectivity index (χ1v) is 9.20. The Morgan fingerprint density at radius 2 is 1.69 bits per heavy atom. The Morgan fingerprint density at radius 1 is 1.03 bits per heavy atom. The Morgan fingerprint density at radius 3 is 2.34 bits per heavy atom. The molecule has 5 N–H and O–H groups in total. The van der Waals surface area contributed by atoms with Gasteiger partial charge in [-0.1, -0.05) is 30.3 Å². The molecule has 1 aliphatic rings. The van der Waals surface area contributed by atoms with Gasteiger partial charge in [-0.3, -0.25) is 19.8 Å². The minimum absolute atomic E-state index is 0.00216. The van der Waals surface area contributed by atoms with Crippen molar-refractivity contribution in [3.63, 3.8) is 0 Å². The quantitative estimate of drug-likeness (QED) is 0.323. The van der Waals surface area contributed by atoms with Gasteiger partial charge in [-0.15, -0.1) is 0 Å². The number of nitrogens with two attached hydrogens (primary N) is 1. The van der Waals surface area contributed by atoms with Gasteiger partial charge in [0, 0.05) is 24.1 Å². The van der Waals surface area contributed by atoms with Crippen molar-refractivity contribution in [1.82, 2.24) is 5.32 Å². The van der Waals surface area contributed by atoms with E-state index in [1.54, 1.807) is 24.3 Å². The molecule has 0 spiro atoms. The highest BCUT2D eigenvalue weighted by molar-refractivity contribution is 5.96. The number of carbonyl (C=O) groups is 3. The van der Waals surface area contributed by atoms with Gasteiger partial charge in [0.2, 0.25) is 11.8 Å². The predicted octanol–water partition coefficient (Wildman–Crippen LogP) is 1.86. The van der Waals surface area contributed by atoms with Crippen LogP contribution >= 0.6 is 0 Å². The fourth-order valence-electron chi connectivity index (χ4n) is 3.09. The van der Waals surface area contributed by atoms with Gasteiger partial charge in [-0.05, 0) is 29.8 Å². The highest BCUT2D eigenvalue weighted by Gasteiger charge is 2.36. The first kappa shape index (κ1) is 20.1. The molecule has 1 aliphatic heterocycles. The van der Waals surface area contributed by atoms with Crippen LogP contribution in [0.5, 0.6) is 0 Å². The Hall–Kier alpha value is -3.68. The molecule has 0 aliphatic carbocycles. The normalized spacial score (nSPS) is 18.0. The molecule has 8 nitrogen and oxygen atoms in total. The zero-order valence-corrected chi connectivity index (χ0v) is 15.7. The maximum atomic E-state index is 12.3. The van der Waals surface area contributed by atoms with Crippen molar-refractivity contribution in [1.29, 1.82) is 5.41 Å². The summed E-state index contributed by atoms with van der Waals surface area (Å²) >= 11 is 0. The van der Waals surface area contributed by atoms with Crippen LogP contribution in [0.2, 0.25) is 0 Å². The lowest BCUT2D eigenvalue weighted by molar-refractivity contribution is -0.141. The standard InChI is InChI=1S/C21H22N4O4/c22-21(23)14-6-8-15(9-7-14)24-17(26)10-11-18(27)25-16-12-19(28)29-20(16)13-4-2-1-3-5-13/h1-9,16,20H,10-12H2,(H3,22,23)(H,24,26)(H,25,27)/t16-,20?/m0/s1. The van der Waals surface area contributed by atoms with Crippen LogP contribution in [0.3, 0.4) is 0 Å². The van der Waals surface area contributed by atoms with Gasteiger partial charge in [0.25, 0.3) is 0 Å². The molecule has 2 aromatic carbocycles. The van der Waals surface area contributed by atoms with Gasteiger partial charge >= 0.3 is 5.97 Å². The Bertz CT molecular complexity index is 912. The fourth-order valence-corrected chi connectivity index (χ4v) is 3.09. The number of amidine groups is 1. The maximum Gasteiger partial charge on any atom is 0.308 e. The van der Waals surface area contributed by atoms with Crippen LogP contribution in [0, 0.1) is 5.41 Å². The highest BCUT2D eigenvalue weighted by Crippen LogP contribution is 2.29. The second kappa shape index (κ2) is 9.01. The van der Waals surface area contributed by atoms with Crippen LogP contribution in [-0.2, 0) is 19.1 Å². The molecular formula is C21H22N4O4. The lowest BCUT2D eigenvalue weighted by atomic mass is 10.0. The maximum absolute atomic E-state index is 12.3. The number of rotatable bonds is 7. The Balaban J connectivity index is 1.49. The van der Waals surface area contributed by atoms with Gasteiger partial charge in [-0.2, -0.15) is 0 Å². The molecule has 0 saturated carbocycles. The average molecular weight is 394 g/mol. The van der Waals surface area contributed by atoms with E-state index < -0.39 is 12.1 Å². The predicted molar refractivity (Wildman–Crippen MR) is 107 cm³/mol.